The molecule has 770 valence electrons. The Balaban J connectivity index is 0.846. The van der Waals surface area contributed by atoms with Crippen molar-refractivity contribution < 1.29 is 91.1 Å². The number of H-pyrrole nitrogens is 1. The highest BCUT2D eigenvalue weighted by atomic mass is 32.2. The van der Waals surface area contributed by atoms with E-state index in [9.17, 15) is 91.1 Å². The maximum atomic E-state index is 14.6. The lowest BCUT2D eigenvalue weighted by Gasteiger charge is -2.38. The molecule has 1 aromatic heterocycles. The molecule has 2 aromatic rings. The third-order valence-electron chi connectivity index (χ3n) is 26.0. The number of nitrogens with two attached hydrogens (primary N) is 6. The first-order chi connectivity index (χ1) is 65.5. The fraction of sp³-hybridized carbons (Fsp3) is 0.710. The molecule has 5 aliphatic rings. The van der Waals surface area contributed by atoms with Gasteiger partial charge in [0.15, 0.2) is 0 Å². The molecule has 27 N–H and O–H groups in total. The number of nitrogens with zero attached hydrogens (tertiary/aromatic N) is 4. The van der Waals surface area contributed by atoms with E-state index in [0.29, 0.717) is 128 Å². The van der Waals surface area contributed by atoms with Crippen molar-refractivity contribution in [3.63, 3.8) is 0 Å². The van der Waals surface area contributed by atoms with Crippen LogP contribution in [-0.4, -0.2) is 316 Å². The molecule has 138 heavy (non-hydrogen) atoms. The lowest BCUT2D eigenvalue weighted by molar-refractivity contribution is -0.145. The number of thioether (sulfide) groups is 1. The summed E-state index contributed by atoms with van der Waals surface area (Å²) in [7, 11) is 0. The fourth-order valence-corrected chi connectivity index (χ4v) is 19.1. The van der Waals surface area contributed by atoms with Gasteiger partial charge in [0.1, 0.15) is 96.7 Å². The molecule has 0 aliphatic carbocycles. The highest BCUT2D eigenvalue weighted by molar-refractivity contribution is 8.00. The first kappa shape index (κ1) is 114. The van der Waals surface area contributed by atoms with E-state index in [1.54, 1.807) is 32.7 Å². The topological polar surface area (TPSA) is 678 Å². The number of fused-ring (bicyclic) bond motifs is 4. The summed E-state index contributed by atoms with van der Waals surface area (Å²) in [4.78, 5) is 271. The number of amides is 19. The van der Waals surface area contributed by atoms with Crippen molar-refractivity contribution in [1.82, 2.24) is 99.0 Å². The van der Waals surface area contributed by atoms with Crippen molar-refractivity contribution in [2.45, 2.75) is 331 Å². The molecule has 6 heterocycles. The number of nitrogens with one attached hydrogen (secondary N) is 15. The van der Waals surface area contributed by atoms with Crippen LogP contribution < -0.4 is 109 Å². The SMILES string of the molecule is C[C@H](NC(=O)[C@H](C)NC(=O)[C@H](C)NC(=O)[C@@H]1CCC2CS[C@@H]3C[C@H](C(=O)N21)N(C=O)C3)C(=O)N[C@@H](C)C(=O)N[C@@H](CCCCN)C(=O)N[C@@H](C)C(=O)N[C@@H](C)C(=O)N[C@@H](C)C(=O)N[C@@H](CC(C)(C)C)C(=O)N1CCC(C(=O)N2CCC(C(=O)N[C@@H](CCCCN)C(=O)N[C@@H](CCCCN)C(=O)N[C@@H](CCCCN)C(=O)N[C@@H](CCCCN)C(=O)N[C@@H](Cc3c[nH]c4ccccc34)C(N)=O)CC2)CC1. The number of carbonyl (C=O) groups excluding carboxylic acids is 19. The molecule has 7 rings (SSSR count). The van der Waals surface area contributed by atoms with Gasteiger partial charge in [-0.3, -0.25) is 91.1 Å². The Labute approximate surface area is 811 Å². The number of hydrogen-bond donors (Lipinski definition) is 21. The smallest absolute Gasteiger partial charge is 0.246 e. The number of aromatic amines is 1. The van der Waals surface area contributed by atoms with Crippen LogP contribution in [0.25, 0.3) is 10.9 Å². The standard InChI is InChI=1S/C93H153N25O19S/c1-52(103-80(125)56(5)107-89(134)73-31-30-62-50-138-63-46-74(92(137)118(62)73)117(49-63)51-119)76(121)101-53(2)77(122)104-57(6)81(126)108-66(25-13-18-36-94)84(129)106-55(4)79(124)102-54(3)78(123)105-58(7)82(127)114-72(47-93(8,9)10)91(136)116-43-34-60(35-44-116)90(135)115-41-32-59(33-42-115)83(128)109-67(26-14-19-37-95)85(130)110-68(27-15-20-38-96)86(131)111-69(28-16-21-39-97)87(132)112-70(29-17-22-40-98)88(133)113-71(75(99)120)45-61-48-100-65-24-12-11-23-64(61)65/h11-12,23-24,48,51-60,62-63,66-74,100H,13-22,25-47,49-50,94-98H2,1-10H3,(H2,99,120)(H,101,121)(H,102,124)(H,103,125)(H,104,122)(H,105,123)(H,106,129)(H,107,134)(H,108,126)(H,109,128)(H,110,130)(H,111,131)(H,112,132)(H,113,133)(H,114,127)/t52-,53-,54-,55-,56-,57-,58-,62?,63+,66-,67-,68-,69-,70-,71-,72-,73-,74+/m0/s1. The van der Waals surface area contributed by atoms with Crippen LogP contribution in [0.1, 0.15) is 222 Å². The maximum Gasteiger partial charge on any atom is 0.246 e. The van der Waals surface area contributed by atoms with Gasteiger partial charge < -0.3 is 133 Å². The Bertz CT molecular complexity index is 4500. The van der Waals surface area contributed by atoms with E-state index in [1.807, 2.05) is 45.0 Å². The highest BCUT2D eigenvalue weighted by Gasteiger charge is 2.50. The van der Waals surface area contributed by atoms with Crippen LogP contribution in [0.15, 0.2) is 30.5 Å². The second-order valence-corrected chi connectivity index (χ2v) is 39.7. The molecule has 44 nitrogen and oxygen atoms in total. The Morgan fingerprint density at radius 1 is 0.435 bits per heavy atom. The van der Waals surface area contributed by atoms with Gasteiger partial charge in [0.05, 0.1) is 0 Å². The largest absolute Gasteiger partial charge is 0.368 e. The van der Waals surface area contributed by atoms with E-state index in [0.717, 1.165) is 16.5 Å². The van der Waals surface area contributed by atoms with Crippen molar-refractivity contribution in [1.29, 1.82) is 0 Å². The summed E-state index contributed by atoms with van der Waals surface area (Å²) in [5, 5.41) is 38.3. The van der Waals surface area contributed by atoms with Crippen LogP contribution in [0.4, 0.5) is 0 Å². The van der Waals surface area contributed by atoms with E-state index in [1.165, 1.54) is 53.4 Å². The van der Waals surface area contributed by atoms with Crippen LogP contribution >= 0.6 is 11.8 Å². The van der Waals surface area contributed by atoms with E-state index < -0.39 is 208 Å². The third kappa shape index (κ3) is 34.7. The van der Waals surface area contributed by atoms with Gasteiger partial charge in [0.25, 0.3) is 0 Å². The van der Waals surface area contributed by atoms with Gasteiger partial charge in [-0.25, -0.2) is 0 Å². The van der Waals surface area contributed by atoms with Crippen LogP contribution in [0.3, 0.4) is 0 Å². The average molecular weight is 1960 g/mol. The van der Waals surface area contributed by atoms with Gasteiger partial charge in [0.2, 0.25) is 113 Å². The summed E-state index contributed by atoms with van der Waals surface area (Å²) in [6, 6.07) is -11.2. The summed E-state index contributed by atoms with van der Waals surface area (Å²) in [6.07, 6.45) is 10.2. The zero-order valence-corrected chi connectivity index (χ0v) is 82.5. The zero-order valence-electron chi connectivity index (χ0n) is 81.7. The maximum absolute atomic E-state index is 14.6. The number of likely N-dealkylation sites (tertiary alicyclic amines) is 3. The Hall–Kier alpha value is -11.2. The summed E-state index contributed by atoms with van der Waals surface area (Å²) in [5.74, 6) is -12.1. The number of primary amides is 1. The molecule has 5 saturated heterocycles. The molecule has 45 heteroatoms. The highest BCUT2D eigenvalue weighted by Crippen LogP contribution is 2.38. The molecular formula is C93H153N25O19S. The molecule has 18 atom stereocenters. The summed E-state index contributed by atoms with van der Waals surface area (Å²) in [6.45, 7) is 17.9. The van der Waals surface area contributed by atoms with Crippen LogP contribution in [-0.2, 0) is 97.5 Å². The zero-order chi connectivity index (χ0) is 102. The summed E-state index contributed by atoms with van der Waals surface area (Å²) in [5.41, 5.74) is 36.1. The molecular weight excluding hydrogens is 1800 g/mol. The van der Waals surface area contributed by atoms with Gasteiger partial charge in [-0.1, -0.05) is 39.0 Å². The van der Waals surface area contributed by atoms with Crippen LogP contribution in [0, 0.1) is 17.3 Å². The number of carbonyl (C=O) groups is 19. The lowest BCUT2D eigenvalue weighted by atomic mass is 9.86. The van der Waals surface area contributed by atoms with Gasteiger partial charge >= 0.3 is 0 Å². The molecule has 0 saturated carbocycles. The second-order valence-electron chi connectivity index (χ2n) is 38.4. The van der Waals surface area contributed by atoms with E-state index >= 15 is 0 Å². The second kappa shape index (κ2) is 56.2. The molecule has 1 aromatic carbocycles. The molecule has 0 radical (unpaired) electrons. The van der Waals surface area contributed by atoms with Crippen LogP contribution in [0.5, 0.6) is 0 Å². The first-order valence-corrected chi connectivity index (χ1v) is 49.9. The normalized spacial score (nSPS) is 19.8. The minimum Gasteiger partial charge on any atom is -0.368 e. The molecule has 2 bridgehead atoms. The van der Waals surface area contributed by atoms with E-state index in [4.69, 9.17) is 34.4 Å². The molecule has 1 unspecified atom stereocenters. The third-order valence-corrected chi connectivity index (χ3v) is 27.4. The number of hydrogen-bond acceptors (Lipinski definition) is 25. The minimum atomic E-state index is -1.30. The van der Waals surface area contributed by atoms with Crippen molar-refractivity contribution in [2.75, 3.05) is 71.2 Å². The van der Waals surface area contributed by atoms with Crippen molar-refractivity contribution in [3.05, 3.63) is 36.0 Å². The summed E-state index contributed by atoms with van der Waals surface area (Å²) >= 11 is 1.67. The Kier molecular flexibility index (Phi) is 46.3. The molecule has 0 spiro atoms. The molecule has 19 amide bonds. The number of aromatic nitrogens is 1. The van der Waals surface area contributed by atoms with E-state index in [-0.39, 0.29) is 127 Å². The van der Waals surface area contributed by atoms with Crippen molar-refractivity contribution in [3.8, 4) is 0 Å². The monoisotopic (exact) mass is 1960 g/mol. The summed E-state index contributed by atoms with van der Waals surface area (Å²) < 4.78 is 0. The van der Waals surface area contributed by atoms with Crippen LogP contribution in [0.2, 0.25) is 0 Å². The number of rotatable bonds is 55. The Morgan fingerprint density at radius 3 is 1.21 bits per heavy atom. The number of benzene rings is 1. The fourth-order valence-electron chi connectivity index (χ4n) is 17.7. The van der Waals surface area contributed by atoms with Gasteiger partial charge in [-0.05, 0) is 246 Å². The Morgan fingerprint density at radius 2 is 0.797 bits per heavy atom. The van der Waals surface area contributed by atoms with E-state index in [2.05, 4.69) is 79.4 Å². The lowest BCUT2D eigenvalue weighted by Crippen LogP contribution is -2.59. The number of para-hydroxylation sites is 1. The first-order valence-electron chi connectivity index (χ1n) is 48.9. The average Bonchev–Trinajstić information content (AvgIpc) is 1.62. The molecule has 5 fully saturated rings. The minimum absolute atomic E-state index is 0.0512. The number of unbranched alkanes of at least 4 members (excludes halogenated alkanes) is 5. The van der Waals surface area contributed by atoms with Gasteiger partial charge in [-0.15, -0.1) is 0 Å². The predicted molar refractivity (Wildman–Crippen MR) is 516 cm³/mol. The van der Waals surface area contributed by atoms with Gasteiger partial charge in [0, 0.05) is 85.1 Å². The van der Waals surface area contributed by atoms with Gasteiger partial charge in [-0.2, -0.15) is 11.8 Å². The molecule has 5 aliphatic heterocycles. The number of piperidine rings is 2. The van der Waals surface area contributed by atoms with Crippen molar-refractivity contribution >= 4 is 135 Å². The van der Waals surface area contributed by atoms with Crippen molar-refractivity contribution in [2.24, 2.45) is 51.7 Å². The quantitative estimate of drug-likeness (QED) is 0.0225. The predicted octanol–water partition coefficient (Wildman–Crippen LogP) is -3.61.